The first-order valence-corrected chi connectivity index (χ1v) is 10.5. The molecule has 1 fully saturated rings. The molecular weight excluding hydrogens is 430 g/mol. The summed E-state index contributed by atoms with van der Waals surface area (Å²) in [6, 6.07) is 8.08. The number of benzene rings is 1. The Bertz CT molecular complexity index is 1010. The number of hydroxylamine groups is 1. The van der Waals surface area contributed by atoms with E-state index in [4.69, 9.17) is 14.0 Å². The lowest BCUT2D eigenvalue weighted by Crippen LogP contribution is -2.65. The van der Waals surface area contributed by atoms with Gasteiger partial charge in [-0.05, 0) is 43.5 Å². The zero-order valence-corrected chi connectivity index (χ0v) is 18.8. The van der Waals surface area contributed by atoms with Gasteiger partial charge in [0.25, 0.3) is 17.7 Å². The molecule has 0 aliphatic carbocycles. The number of amides is 3. The van der Waals surface area contributed by atoms with Gasteiger partial charge in [-0.3, -0.25) is 19.2 Å². The van der Waals surface area contributed by atoms with Gasteiger partial charge in [0.05, 0.1) is 6.26 Å². The van der Waals surface area contributed by atoms with Gasteiger partial charge in [0.1, 0.15) is 0 Å². The van der Waals surface area contributed by atoms with E-state index in [1.807, 2.05) is 0 Å². The summed E-state index contributed by atoms with van der Waals surface area (Å²) in [6.45, 7) is 1.86. The van der Waals surface area contributed by atoms with Crippen LogP contribution in [-0.2, 0) is 19.2 Å². The molecule has 0 radical (unpaired) electrons. The predicted octanol–water partition coefficient (Wildman–Crippen LogP) is 1.91. The van der Waals surface area contributed by atoms with Gasteiger partial charge in [-0.25, -0.2) is 10.3 Å². The molecule has 176 valence electrons. The van der Waals surface area contributed by atoms with E-state index in [2.05, 4.69) is 10.8 Å². The topological polar surface area (TPSA) is 127 Å². The van der Waals surface area contributed by atoms with E-state index in [9.17, 15) is 19.2 Å². The Morgan fingerprint density at radius 1 is 1.15 bits per heavy atom. The maximum atomic E-state index is 13.2. The molecule has 1 aliphatic rings. The highest BCUT2D eigenvalue weighted by Crippen LogP contribution is 2.24. The number of ether oxygens (including phenoxy) is 1. The zero-order chi connectivity index (χ0) is 24.0. The SMILES string of the molecule is CNC(=O)[C@@](C)(C(=O)NOC1CCCCO1)N(C)C(=O)c1ccc(-c2coc(C=O)c2)cc1. The Morgan fingerprint density at radius 2 is 1.88 bits per heavy atom. The quantitative estimate of drug-likeness (QED) is 0.352. The summed E-state index contributed by atoms with van der Waals surface area (Å²) < 4.78 is 10.5. The van der Waals surface area contributed by atoms with Crippen molar-refractivity contribution in [3.05, 3.63) is 47.9 Å². The van der Waals surface area contributed by atoms with E-state index in [-0.39, 0.29) is 11.3 Å². The van der Waals surface area contributed by atoms with Crippen LogP contribution in [0.25, 0.3) is 11.1 Å². The molecule has 1 unspecified atom stereocenters. The molecule has 3 amide bonds. The lowest BCUT2D eigenvalue weighted by Gasteiger charge is -2.36. The van der Waals surface area contributed by atoms with E-state index < -0.39 is 29.6 Å². The first-order valence-electron chi connectivity index (χ1n) is 10.5. The fourth-order valence-electron chi connectivity index (χ4n) is 3.44. The molecule has 10 heteroatoms. The van der Waals surface area contributed by atoms with Crippen LogP contribution in [0.2, 0.25) is 0 Å². The van der Waals surface area contributed by atoms with Crippen LogP contribution in [0.1, 0.15) is 47.1 Å². The van der Waals surface area contributed by atoms with E-state index in [0.717, 1.165) is 23.3 Å². The smallest absolute Gasteiger partial charge is 0.279 e. The average molecular weight is 457 g/mol. The Hall–Kier alpha value is -3.50. The maximum absolute atomic E-state index is 13.2. The minimum Gasteiger partial charge on any atom is -0.461 e. The summed E-state index contributed by atoms with van der Waals surface area (Å²) in [5, 5.41) is 2.43. The lowest BCUT2D eigenvalue weighted by atomic mass is 9.96. The largest absolute Gasteiger partial charge is 0.461 e. The molecule has 1 saturated heterocycles. The van der Waals surface area contributed by atoms with Crippen LogP contribution in [0.3, 0.4) is 0 Å². The van der Waals surface area contributed by atoms with Gasteiger partial charge in [0.15, 0.2) is 23.9 Å². The molecule has 3 rings (SSSR count). The van der Waals surface area contributed by atoms with Gasteiger partial charge in [-0.1, -0.05) is 12.1 Å². The van der Waals surface area contributed by atoms with Gasteiger partial charge in [0, 0.05) is 38.2 Å². The summed E-state index contributed by atoms with van der Waals surface area (Å²) in [4.78, 5) is 56.0. The number of hydrogen-bond acceptors (Lipinski definition) is 7. The third-order valence-electron chi connectivity index (χ3n) is 5.71. The van der Waals surface area contributed by atoms with E-state index in [1.54, 1.807) is 30.3 Å². The molecule has 1 aromatic carbocycles. The number of carbonyl (C=O) groups is 4. The van der Waals surface area contributed by atoms with Gasteiger partial charge in [0.2, 0.25) is 0 Å². The van der Waals surface area contributed by atoms with Crippen molar-refractivity contribution in [2.75, 3.05) is 20.7 Å². The number of aldehydes is 1. The minimum atomic E-state index is -1.89. The van der Waals surface area contributed by atoms with Crippen LogP contribution in [0.4, 0.5) is 0 Å². The Kier molecular flexibility index (Phi) is 7.62. The second kappa shape index (κ2) is 10.4. The first-order chi connectivity index (χ1) is 15.8. The van der Waals surface area contributed by atoms with Crippen molar-refractivity contribution >= 4 is 24.0 Å². The number of furan rings is 1. The third-order valence-corrected chi connectivity index (χ3v) is 5.71. The second-order valence-electron chi connectivity index (χ2n) is 7.79. The van der Waals surface area contributed by atoms with E-state index >= 15 is 0 Å². The number of likely N-dealkylation sites (N-methyl/N-ethyl adjacent to an activating group) is 2. The summed E-state index contributed by atoms with van der Waals surface area (Å²) >= 11 is 0. The molecule has 1 aromatic heterocycles. The predicted molar refractivity (Wildman–Crippen MR) is 117 cm³/mol. The summed E-state index contributed by atoms with van der Waals surface area (Å²) in [5.74, 6) is -1.83. The van der Waals surface area contributed by atoms with Crippen molar-refractivity contribution in [1.29, 1.82) is 0 Å². The van der Waals surface area contributed by atoms with Crippen molar-refractivity contribution in [1.82, 2.24) is 15.7 Å². The number of nitrogens with one attached hydrogen (secondary N) is 2. The highest BCUT2D eigenvalue weighted by Gasteiger charge is 2.47. The number of nitrogens with zero attached hydrogens (tertiary/aromatic N) is 1. The first kappa shape index (κ1) is 24.1. The van der Waals surface area contributed by atoms with Crippen LogP contribution in [0.5, 0.6) is 0 Å². The number of hydrogen-bond donors (Lipinski definition) is 2. The standard InChI is InChI=1S/C23H27N3O7/c1-23(21(29)24-2,22(30)25-33-19-6-4-5-11-31-19)26(3)20(28)16-9-7-15(8-10-16)17-12-18(13-27)32-14-17/h7-10,12-14,19H,4-6,11H2,1-3H3,(H,24,29)(H,25,30)/t19?,23-/m0/s1. The van der Waals surface area contributed by atoms with Gasteiger partial charge in [-0.2, -0.15) is 0 Å². The molecule has 2 aromatic rings. The zero-order valence-electron chi connectivity index (χ0n) is 18.8. The Balaban J connectivity index is 1.76. The molecule has 2 N–H and O–H groups in total. The molecule has 1 aliphatic heterocycles. The molecule has 0 bridgehead atoms. The summed E-state index contributed by atoms with van der Waals surface area (Å²) in [5.41, 5.74) is 2.07. The van der Waals surface area contributed by atoms with Gasteiger partial charge < -0.3 is 19.4 Å². The minimum absolute atomic E-state index is 0.193. The Labute approximate surface area is 191 Å². The molecule has 2 heterocycles. The van der Waals surface area contributed by atoms with Crippen molar-refractivity contribution in [2.45, 2.75) is 38.0 Å². The average Bonchev–Trinajstić information content (AvgIpc) is 3.35. The fraction of sp³-hybridized carbons (Fsp3) is 0.391. The van der Waals surface area contributed by atoms with Gasteiger partial charge in [-0.15, -0.1) is 0 Å². The van der Waals surface area contributed by atoms with Crippen molar-refractivity contribution in [2.24, 2.45) is 0 Å². The van der Waals surface area contributed by atoms with Crippen LogP contribution in [0, 0.1) is 0 Å². The molecular formula is C23H27N3O7. The second-order valence-corrected chi connectivity index (χ2v) is 7.79. The monoisotopic (exact) mass is 457 g/mol. The van der Waals surface area contributed by atoms with Crippen molar-refractivity contribution < 1.29 is 33.2 Å². The molecule has 2 atom stereocenters. The van der Waals surface area contributed by atoms with Crippen LogP contribution in [-0.4, -0.2) is 61.4 Å². The highest BCUT2D eigenvalue weighted by molar-refractivity contribution is 6.12. The fourth-order valence-corrected chi connectivity index (χ4v) is 3.44. The van der Waals surface area contributed by atoms with Crippen LogP contribution >= 0.6 is 0 Å². The van der Waals surface area contributed by atoms with E-state index in [1.165, 1.54) is 27.3 Å². The number of carbonyl (C=O) groups excluding carboxylic acids is 4. The lowest BCUT2D eigenvalue weighted by molar-refractivity contribution is -0.204. The van der Waals surface area contributed by atoms with Crippen LogP contribution < -0.4 is 10.8 Å². The molecule has 0 saturated carbocycles. The summed E-state index contributed by atoms with van der Waals surface area (Å²) in [7, 11) is 2.75. The van der Waals surface area contributed by atoms with E-state index in [0.29, 0.717) is 24.9 Å². The maximum Gasteiger partial charge on any atom is 0.279 e. The normalized spacial score (nSPS) is 17.5. The third kappa shape index (κ3) is 5.12. The van der Waals surface area contributed by atoms with Gasteiger partial charge >= 0.3 is 0 Å². The number of rotatable bonds is 8. The van der Waals surface area contributed by atoms with Crippen LogP contribution in [0.15, 0.2) is 41.0 Å². The molecule has 33 heavy (non-hydrogen) atoms. The summed E-state index contributed by atoms with van der Waals surface area (Å²) in [6.07, 6.45) is 3.87. The van der Waals surface area contributed by atoms with Crippen molar-refractivity contribution in [3.63, 3.8) is 0 Å². The molecule has 10 nitrogen and oxygen atoms in total. The Morgan fingerprint density at radius 3 is 2.45 bits per heavy atom. The molecule has 0 spiro atoms. The van der Waals surface area contributed by atoms with Crippen molar-refractivity contribution in [3.8, 4) is 11.1 Å². The highest BCUT2D eigenvalue weighted by atomic mass is 16.8.